The van der Waals surface area contributed by atoms with E-state index < -0.39 is 0 Å². The molecule has 1 fully saturated rings. The SMILES string of the molecule is CCCCc1ccc(C#C[C@H]2CC[C@H](c3ccc(CCC)cc3)CC2)cc1F. The zero-order chi connectivity index (χ0) is 19.8. The van der Waals surface area contributed by atoms with Crippen molar-refractivity contribution >= 4 is 0 Å². The van der Waals surface area contributed by atoms with Gasteiger partial charge in [0.2, 0.25) is 0 Å². The van der Waals surface area contributed by atoms with E-state index in [0.29, 0.717) is 11.8 Å². The summed E-state index contributed by atoms with van der Waals surface area (Å²) >= 11 is 0. The van der Waals surface area contributed by atoms with Gasteiger partial charge in [0.1, 0.15) is 5.82 Å². The van der Waals surface area contributed by atoms with Crippen LogP contribution in [-0.4, -0.2) is 0 Å². The van der Waals surface area contributed by atoms with Gasteiger partial charge >= 0.3 is 0 Å². The minimum absolute atomic E-state index is 0.101. The molecule has 0 unspecified atom stereocenters. The molecule has 0 aliphatic heterocycles. The highest BCUT2D eigenvalue weighted by Gasteiger charge is 2.21. The van der Waals surface area contributed by atoms with E-state index in [1.807, 2.05) is 12.1 Å². The molecule has 3 rings (SSSR count). The third kappa shape index (κ3) is 5.71. The molecule has 0 N–H and O–H groups in total. The monoisotopic (exact) mass is 376 g/mol. The van der Waals surface area contributed by atoms with Crippen molar-refractivity contribution < 1.29 is 4.39 Å². The number of aryl methyl sites for hydroxylation is 2. The molecule has 0 spiro atoms. The maximum Gasteiger partial charge on any atom is 0.127 e. The van der Waals surface area contributed by atoms with E-state index >= 15 is 0 Å². The highest BCUT2D eigenvalue weighted by atomic mass is 19.1. The van der Waals surface area contributed by atoms with E-state index in [2.05, 4.69) is 50.0 Å². The van der Waals surface area contributed by atoms with E-state index in [1.165, 1.54) is 36.8 Å². The van der Waals surface area contributed by atoms with Gasteiger partial charge in [-0.1, -0.05) is 68.9 Å². The summed E-state index contributed by atoms with van der Waals surface area (Å²) in [5, 5.41) is 0. The van der Waals surface area contributed by atoms with Crippen molar-refractivity contribution in [3.8, 4) is 11.8 Å². The third-order valence-corrected chi connectivity index (χ3v) is 5.99. The highest BCUT2D eigenvalue weighted by molar-refractivity contribution is 5.37. The topological polar surface area (TPSA) is 0 Å². The number of benzene rings is 2. The minimum atomic E-state index is -0.101. The Morgan fingerprint density at radius 3 is 2.29 bits per heavy atom. The lowest BCUT2D eigenvalue weighted by atomic mass is 9.78. The normalized spacial score (nSPS) is 19.1. The maximum atomic E-state index is 14.2. The summed E-state index contributed by atoms with van der Waals surface area (Å²) < 4.78 is 14.2. The van der Waals surface area contributed by atoms with Crippen molar-refractivity contribution in [1.29, 1.82) is 0 Å². The molecule has 1 saturated carbocycles. The first-order valence-electron chi connectivity index (χ1n) is 11.1. The molecule has 0 amide bonds. The third-order valence-electron chi connectivity index (χ3n) is 5.99. The average Bonchev–Trinajstić information content (AvgIpc) is 2.73. The molecule has 1 aliphatic rings. The van der Waals surface area contributed by atoms with Gasteiger partial charge in [0.25, 0.3) is 0 Å². The number of unbranched alkanes of at least 4 members (excludes halogenated alkanes) is 1. The first kappa shape index (κ1) is 20.7. The fourth-order valence-electron chi connectivity index (χ4n) is 4.20. The van der Waals surface area contributed by atoms with Crippen LogP contribution in [0.4, 0.5) is 4.39 Å². The molecule has 2 aromatic carbocycles. The van der Waals surface area contributed by atoms with E-state index in [4.69, 9.17) is 0 Å². The molecule has 0 bridgehead atoms. The van der Waals surface area contributed by atoms with Crippen LogP contribution in [0.1, 0.15) is 87.0 Å². The largest absolute Gasteiger partial charge is 0.207 e. The summed E-state index contributed by atoms with van der Waals surface area (Å²) in [6, 6.07) is 14.7. The summed E-state index contributed by atoms with van der Waals surface area (Å²) in [5.74, 6) is 7.65. The van der Waals surface area contributed by atoms with Crippen LogP contribution in [0.5, 0.6) is 0 Å². The standard InChI is InChI=1S/C27H33F/c1-3-5-7-26-19-14-23(20-27(26)28)9-8-22-12-17-25(18-13-22)24-15-10-21(6-4-2)11-16-24/h10-11,14-16,19-20,22,25H,3-7,12-13,17-18H2,1-2H3/t22-,25-. The molecule has 1 heteroatoms. The molecular weight excluding hydrogens is 343 g/mol. The van der Waals surface area contributed by atoms with Gasteiger partial charge in [-0.2, -0.15) is 0 Å². The van der Waals surface area contributed by atoms with Crippen molar-refractivity contribution in [1.82, 2.24) is 0 Å². The Hall–Kier alpha value is -2.07. The molecule has 0 saturated heterocycles. The van der Waals surface area contributed by atoms with Crippen molar-refractivity contribution in [2.24, 2.45) is 5.92 Å². The molecule has 2 aromatic rings. The number of rotatable bonds is 6. The van der Waals surface area contributed by atoms with Crippen LogP contribution in [0.25, 0.3) is 0 Å². The lowest BCUT2D eigenvalue weighted by Crippen LogP contribution is -2.12. The van der Waals surface area contributed by atoms with Gasteiger partial charge < -0.3 is 0 Å². The Bertz CT molecular complexity index is 798. The second-order valence-electron chi connectivity index (χ2n) is 8.22. The Labute approximate surface area is 170 Å². The smallest absolute Gasteiger partial charge is 0.127 e. The Balaban J connectivity index is 1.54. The maximum absolute atomic E-state index is 14.2. The fraction of sp³-hybridized carbons (Fsp3) is 0.481. The van der Waals surface area contributed by atoms with Gasteiger partial charge in [-0.3, -0.25) is 0 Å². The van der Waals surface area contributed by atoms with Crippen LogP contribution >= 0.6 is 0 Å². The van der Waals surface area contributed by atoms with Gasteiger partial charge in [-0.25, -0.2) is 4.39 Å². The van der Waals surface area contributed by atoms with Crippen LogP contribution in [0.3, 0.4) is 0 Å². The highest BCUT2D eigenvalue weighted by Crippen LogP contribution is 2.35. The van der Waals surface area contributed by atoms with Gasteiger partial charge in [0, 0.05) is 11.5 Å². The molecule has 0 atom stereocenters. The van der Waals surface area contributed by atoms with Crippen LogP contribution in [-0.2, 0) is 12.8 Å². The van der Waals surface area contributed by atoms with E-state index in [-0.39, 0.29) is 5.82 Å². The minimum Gasteiger partial charge on any atom is -0.207 e. The Morgan fingerprint density at radius 1 is 0.893 bits per heavy atom. The molecule has 1 aliphatic carbocycles. The molecule has 0 radical (unpaired) electrons. The Morgan fingerprint density at radius 2 is 1.64 bits per heavy atom. The quantitative estimate of drug-likeness (QED) is 0.459. The summed E-state index contributed by atoms with van der Waals surface area (Å²) in [6.45, 7) is 4.36. The van der Waals surface area contributed by atoms with Crippen LogP contribution in [0.2, 0.25) is 0 Å². The van der Waals surface area contributed by atoms with Gasteiger partial charge in [0.05, 0.1) is 0 Å². The second-order valence-corrected chi connectivity index (χ2v) is 8.22. The predicted molar refractivity (Wildman–Crippen MR) is 117 cm³/mol. The van der Waals surface area contributed by atoms with Gasteiger partial charge in [-0.05, 0) is 79.7 Å². The lowest BCUT2D eigenvalue weighted by Gasteiger charge is -2.26. The molecule has 28 heavy (non-hydrogen) atoms. The van der Waals surface area contributed by atoms with Crippen molar-refractivity contribution in [2.45, 2.75) is 77.6 Å². The molecule has 0 aromatic heterocycles. The summed E-state index contributed by atoms with van der Waals surface area (Å²) in [4.78, 5) is 0. The van der Waals surface area contributed by atoms with Crippen LogP contribution in [0.15, 0.2) is 42.5 Å². The molecule has 0 nitrogen and oxygen atoms in total. The first-order valence-corrected chi connectivity index (χ1v) is 11.1. The fourth-order valence-corrected chi connectivity index (χ4v) is 4.20. The lowest BCUT2D eigenvalue weighted by molar-refractivity contribution is 0.384. The number of halogens is 1. The zero-order valence-corrected chi connectivity index (χ0v) is 17.4. The number of hydrogen-bond donors (Lipinski definition) is 0. The average molecular weight is 377 g/mol. The summed E-state index contributed by atoms with van der Waals surface area (Å²) in [5.41, 5.74) is 4.55. The summed E-state index contributed by atoms with van der Waals surface area (Å²) in [6.07, 6.45) is 10.0. The van der Waals surface area contributed by atoms with Crippen LogP contribution < -0.4 is 0 Å². The van der Waals surface area contributed by atoms with E-state index in [0.717, 1.165) is 43.2 Å². The van der Waals surface area contributed by atoms with Crippen LogP contribution in [0, 0.1) is 23.6 Å². The van der Waals surface area contributed by atoms with Crippen molar-refractivity contribution in [3.63, 3.8) is 0 Å². The Kier molecular flexibility index (Phi) is 7.72. The first-order chi connectivity index (χ1) is 13.7. The second kappa shape index (κ2) is 10.5. The molecule has 148 valence electrons. The van der Waals surface area contributed by atoms with E-state index in [1.54, 1.807) is 6.07 Å². The van der Waals surface area contributed by atoms with Gasteiger partial charge in [0.15, 0.2) is 0 Å². The summed E-state index contributed by atoms with van der Waals surface area (Å²) in [7, 11) is 0. The molecule has 0 heterocycles. The van der Waals surface area contributed by atoms with Crippen molar-refractivity contribution in [3.05, 3.63) is 70.5 Å². The molecular formula is C27H33F. The van der Waals surface area contributed by atoms with Gasteiger partial charge in [-0.15, -0.1) is 0 Å². The number of hydrogen-bond acceptors (Lipinski definition) is 0. The predicted octanol–water partition coefficient (Wildman–Crippen LogP) is 7.45. The van der Waals surface area contributed by atoms with Crippen molar-refractivity contribution in [2.75, 3.05) is 0 Å². The zero-order valence-electron chi connectivity index (χ0n) is 17.4. The van der Waals surface area contributed by atoms with E-state index in [9.17, 15) is 4.39 Å².